The zero-order chi connectivity index (χ0) is 14.6. The number of likely N-dealkylation sites (N-methyl/N-ethyl adjacent to an activating group) is 1. The van der Waals surface area contributed by atoms with E-state index in [1.165, 1.54) is 0 Å². The summed E-state index contributed by atoms with van der Waals surface area (Å²) in [5, 5.41) is 3.25. The van der Waals surface area contributed by atoms with Crippen LogP contribution in [-0.4, -0.2) is 79.2 Å². The van der Waals surface area contributed by atoms with E-state index in [4.69, 9.17) is 23.7 Å². The molecule has 0 aromatic rings. The second-order valence-corrected chi connectivity index (χ2v) is 4.83. The van der Waals surface area contributed by atoms with Crippen molar-refractivity contribution in [2.24, 2.45) is 0 Å². The highest BCUT2D eigenvalue weighted by atomic mass is 16.6. The zero-order valence-electron chi connectivity index (χ0n) is 12.9. The van der Waals surface area contributed by atoms with E-state index in [9.17, 15) is 0 Å². The van der Waals surface area contributed by atoms with Crippen LogP contribution in [0.5, 0.6) is 0 Å². The largest absolute Gasteiger partial charge is 0.382 e. The minimum absolute atomic E-state index is 0.129. The summed E-state index contributed by atoms with van der Waals surface area (Å²) in [5.41, 5.74) is 0. The van der Waals surface area contributed by atoms with Gasteiger partial charge in [-0.15, -0.1) is 0 Å². The first-order valence-corrected chi connectivity index (χ1v) is 7.29. The zero-order valence-corrected chi connectivity index (χ0v) is 12.9. The van der Waals surface area contributed by atoms with Gasteiger partial charge in [0.25, 0.3) is 0 Å². The Hall–Kier alpha value is -0.240. The van der Waals surface area contributed by atoms with E-state index < -0.39 is 0 Å². The maximum absolute atomic E-state index is 5.84. The number of hydrogen-bond donors (Lipinski definition) is 1. The van der Waals surface area contributed by atoms with Crippen molar-refractivity contribution < 1.29 is 23.7 Å². The summed E-state index contributed by atoms with van der Waals surface area (Å²) in [6.45, 7) is 3.93. The topological polar surface area (TPSA) is 58.2 Å². The lowest BCUT2D eigenvalue weighted by molar-refractivity contribution is -0.152. The Labute approximate surface area is 122 Å². The predicted octanol–water partition coefficient (Wildman–Crippen LogP) is 0.448. The summed E-state index contributed by atoms with van der Waals surface area (Å²) in [6.07, 6.45) is 2.21. The first kappa shape index (κ1) is 17.8. The normalized spacial score (nSPS) is 25.6. The van der Waals surface area contributed by atoms with Gasteiger partial charge in [-0.2, -0.15) is 0 Å². The highest BCUT2D eigenvalue weighted by Gasteiger charge is 2.41. The van der Waals surface area contributed by atoms with Crippen molar-refractivity contribution in [3.05, 3.63) is 0 Å². The molecule has 1 aliphatic carbocycles. The van der Waals surface area contributed by atoms with Gasteiger partial charge in [-0.05, 0) is 19.9 Å². The third-order valence-corrected chi connectivity index (χ3v) is 3.41. The Kier molecular flexibility index (Phi) is 10.2. The smallest absolute Gasteiger partial charge is 0.0991 e. The average Bonchev–Trinajstić information content (AvgIpc) is 2.45. The molecule has 6 heteroatoms. The van der Waals surface area contributed by atoms with E-state index in [-0.39, 0.29) is 12.2 Å². The molecule has 6 nitrogen and oxygen atoms in total. The molecule has 0 aromatic heterocycles. The fourth-order valence-corrected chi connectivity index (χ4v) is 2.16. The molecule has 0 bridgehead atoms. The number of rotatable bonds is 13. The summed E-state index contributed by atoms with van der Waals surface area (Å²) in [5.74, 6) is 0. The lowest BCUT2D eigenvalue weighted by Crippen LogP contribution is -2.59. The van der Waals surface area contributed by atoms with Crippen LogP contribution in [0.4, 0.5) is 0 Å². The van der Waals surface area contributed by atoms with Gasteiger partial charge in [0.1, 0.15) is 0 Å². The van der Waals surface area contributed by atoms with Gasteiger partial charge in [-0.25, -0.2) is 0 Å². The number of methoxy groups -OCH3 is 2. The highest BCUT2D eigenvalue weighted by molar-refractivity contribution is 4.96. The van der Waals surface area contributed by atoms with Crippen LogP contribution < -0.4 is 5.32 Å². The molecule has 0 aliphatic heterocycles. The van der Waals surface area contributed by atoms with Crippen molar-refractivity contribution in [2.45, 2.75) is 31.1 Å². The average molecular weight is 291 g/mol. The van der Waals surface area contributed by atoms with Gasteiger partial charge in [-0.1, -0.05) is 0 Å². The van der Waals surface area contributed by atoms with Gasteiger partial charge >= 0.3 is 0 Å². The molecule has 0 spiro atoms. The van der Waals surface area contributed by atoms with Crippen LogP contribution in [0.15, 0.2) is 0 Å². The maximum atomic E-state index is 5.84. The summed E-state index contributed by atoms with van der Waals surface area (Å²) < 4.78 is 26.9. The van der Waals surface area contributed by atoms with Crippen molar-refractivity contribution in [3.8, 4) is 0 Å². The van der Waals surface area contributed by atoms with E-state index >= 15 is 0 Å². The van der Waals surface area contributed by atoms with Gasteiger partial charge in [0.05, 0.1) is 38.6 Å². The molecular formula is C14H29NO5. The Morgan fingerprint density at radius 2 is 1.65 bits per heavy atom. The van der Waals surface area contributed by atoms with Crippen LogP contribution in [0, 0.1) is 0 Å². The summed E-state index contributed by atoms with van der Waals surface area (Å²) >= 11 is 0. The Morgan fingerprint density at radius 3 is 2.35 bits per heavy atom. The fourth-order valence-electron chi connectivity index (χ4n) is 2.16. The van der Waals surface area contributed by atoms with Crippen LogP contribution in [0.25, 0.3) is 0 Å². The number of nitrogens with one attached hydrogen (secondary N) is 1. The second-order valence-electron chi connectivity index (χ2n) is 4.83. The molecule has 0 saturated heterocycles. The molecule has 0 amide bonds. The van der Waals surface area contributed by atoms with Crippen LogP contribution in [-0.2, 0) is 23.7 Å². The minimum atomic E-state index is 0.129. The molecule has 0 radical (unpaired) electrons. The van der Waals surface area contributed by atoms with Crippen LogP contribution in [0.1, 0.15) is 12.8 Å². The van der Waals surface area contributed by atoms with E-state index in [0.29, 0.717) is 45.7 Å². The van der Waals surface area contributed by atoms with Gasteiger partial charge in [0, 0.05) is 33.5 Å². The van der Waals surface area contributed by atoms with E-state index in [2.05, 4.69) is 5.32 Å². The standard InChI is InChI=1S/C14H29NO5/c1-15-12-11-13(14(12)20-10-8-17-3)19-6-4-5-18-9-7-16-2/h12-15H,4-11H2,1-3H3. The molecule has 1 saturated carbocycles. The molecule has 1 rings (SSSR count). The third-order valence-electron chi connectivity index (χ3n) is 3.41. The molecule has 1 N–H and O–H groups in total. The lowest BCUT2D eigenvalue weighted by atomic mass is 9.85. The molecule has 1 fully saturated rings. The third kappa shape index (κ3) is 6.47. The first-order chi connectivity index (χ1) is 9.83. The quantitative estimate of drug-likeness (QED) is 0.497. The monoisotopic (exact) mass is 291 g/mol. The van der Waals surface area contributed by atoms with Crippen molar-refractivity contribution in [1.82, 2.24) is 5.32 Å². The summed E-state index contributed by atoms with van der Waals surface area (Å²) in [4.78, 5) is 0. The molecule has 3 unspecified atom stereocenters. The SMILES string of the molecule is CNC1CC(OCCCOCCOC)C1OCCOC. The number of hydrogen-bond acceptors (Lipinski definition) is 6. The van der Waals surface area contributed by atoms with Crippen LogP contribution in [0.2, 0.25) is 0 Å². The van der Waals surface area contributed by atoms with Crippen molar-refractivity contribution >= 4 is 0 Å². The fraction of sp³-hybridized carbons (Fsp3) is 1.00. The van der Waals surface area contributed by atoms with Gasteiger partial charge in [0.2, 0.25) is 0 Å². The van der Waals surface area contributed by atoms with Gasteiger partial charge < -0.3 is 29.0 Å². The summed E-state index contributed by atoms with van der Waals surface area (Å²) in [7, 11) is 5.30. The van der Waals surface area contributed by atoms with Crippen molar-refractivity contribution in [2.75, 3.05) is 60.9 Å². The molecule has 3 atom stereocenters. The van der Waals surface area contributed by atoms with Crippen molar-refractivity contribution in [3.63, 3.8) is 0 Å². The molecule has 1 aliphatic rings. The number of ether oxygens (including phenoxy) is 5. The Balaban J connectivity index is 2.03. The van der Waals surface area contributed by atoms with Gasteiger partial charge in [0.15, 0.2) is 0 Å². The Morgan fingerprint density at radius 1 is 0.900 bits per heavy atom. The Bertz CT molecular complexity index is 230. The van der Waals surface area contributed by atoms with E-state index in [1.807, 2.05) is 7.05 Å². The van der Waals surface area contributed by atoms with E-state index in [0.717, 1.165) is 12.8 Å². The van der Waals surface area contributed by atoms with Crippen LogP contribution >= 0.6 is 0 Å². The lowest BCUT2D eigenvalue weighted by Gasteiger charge is -2.43. The van der Waals surface area contributed by atoms with E-state index in [1.54, 1.807) is 14.2 Å². The minimum Gasteiger partial charge on any atom is -0.382 e. The molecule has 0 aromatic carbocycles. The van der Waals surface area contributed by atoms with Crippen molar-refractivity contribution in [1.29, 1.82) is 0 Å². The molecule has 0 heterocycles. The van der Waals surface area contributed by atoms with Crippen LogP contribution in [0.3, 0.4) is 0 Å². The van der Waals surface area contributed by atoms with Gasteiger partial charge in [-0.3, -0.25) is 0 Å². The molecular weight excluding hydrogens is 262 g/mol. The highest BCUT2D eigenvalue weighted by Crippen LogP contribution is 2.27. The molecule has 20 heavy (non-hydrogen) atoms. The summed E-state index contributed by atoms with van der Waals surface area (Å²) in [6, 6.07) is 0.384. The maximum Gasteiger partial charge on any atom is 0.0991 e. The molecule has 120 valence electrons. The first-order valence-electron chi connectivity index (χ1n) is 7.29. The second kappa shape index (κ2) is 11.4. The predicted molar refractivity (Wildman–Crippen MR) is 76.1 cm³/mol.